The molecule has 8 heteroatoms. The van der Waals surface area contributed by atoms with Crippen LogP contribution in [-0.2, 0) is 4.79 Å². The highest BCUT2D eigenvalue weighted by molar-refractivity contribution is 8.18. The molecule has 4 aromatic rings. The Labute approximate surface area is 188 Å². The summed E-state index contributed by atoms with van der Waals surface area (Å²) < 4.78 is 6.99. The number of rotatable bonds is 5. The molecule has 1 aliphatic heterocycles. The molecule has 156 valence electrons. The number of furan rings is 1. The van der Waals surface area contributed by atoms with Gasteiger partial charge in [0.15, 0.2) is 5.17 Å². The molecule has 0 unspecified atom stereocenters. The van der Waals surface area contributed by atoms with Crippen molar-refractivity contribution in [2.75, 3.05) is 0 Å². The number of hydrogen-bond donors (Lipinski definition) is 1. The average molecular weight is 440 g/mol. The van der Waals surface area contributed by atoms with Gasteiger partial charge in [-0.25, -0.2) is 4.68 Å². The quantitative estimate of drug-likeness (QED) is 0.277. The lowest BCUT2D eigenvalue weighted by Gasteiger charge is -2.00. The Hall–Kier alpha value is -4.17. The van der Waals surface area contributed by atoms with Crippen LogP contribution in [0.15, 0.2) is 105 Å². The van der Waals surface area contributed by atoms with Gasteiger partial charge in [0.2, 0.25) is 0 Å². The van der Waals surface area contributed by atoms with Gasteiger partial charge in [0, 0.05) is 17.3 Å². The fraction of sp³-hybridized carbons (Fsp3) is 0. The van der Waals surface area contributed by atoms with Crippen LogP contribution in [-0.4, -0.2) is 27.1 Å². The molecule has 1 fully saturated rings. The SMILES string of the molecule is O=C1NC(=NN=Cc2ccco2)SC1=Cc1cn(-c2ccccc2)nc1-c1ccccc1. The van der Waals surface area contributed by atoms with Crippen molar-refractivity contribution >= 4 is 35.1 Å². The minimum absolute atomic E-state index is 0.228. The summed E-state index contributed by atoms with van der Waals surface area (Å²) in [7, 11) is 0. The zero-order valence-electron chi connectivity index (χ0n) is 16.8. The molecule has 5 rings (SSSR count). The van der Waals surface area contributed by atoms with Crippen LogP contribution in [0.25, 0.3) is 23.0 Å². The van der Waals surface area contributed by atoms with E-state index in [1.807, 2.05) is 77.6 Å². The molecule has 0 spiro atoms. The second-order valence-electron chi connectivity index (χ2n) is 6.81. The number of amides is 1. The van der Waals surface area contributed by atoms with E-state index in [-0.39, 0.29) is 5.91 Å². The Balaban J connectivity index is 1.47. The summed E-state index contributed by atoms with van der Waals surface area (Å²) in [6.45, 7) is 0. The van der Waals surface area contributed by atoms with Crippen LogP contribution in [0.5, 0.6) is 0 Å². The summed E-state index contributed by atoms with van der Waals surface area (Å²) in [6.07, 6.45) is 6.79. The van der Waals surface area contributed by atoms with Gasteiger partial charge >= 0.3 is 0 Å². The molecule has 2 aromatic heterocycles. The lowest BCUT2D eigenvalue weighted by atomic mass is 10.1. The normalized spacial score (nSPS) is 16.3. The first-order chi connectivity index (χ1) is 15.8. The molecular weight excluding hydrogens is 422 g/mol. The number of thioether (sulfide) groups is 1. The number of aromatic nitrogens is 2. The molecule has 7 nitrogen and oxygen atoms in total. The average Bonchev–Trinajstić information content (AvgIpc) is 3.57. The molecule has 0 atom stereocenters. The fourth-order valence-corrected chi connectivity index (χ4v) is 3.92. The maximum absolute atomic E-state index is 12.5. The maximum Gasteiger partial charge on any atom is 0.264 e. The van der Waals surface area contributed by atoms with Crippen molar-refractivity contribution in [2.45, 2.75) is 0 Å². The van der Waals surface area contributed by atoms with Crippen molar-refractivity contribution in [3.8, 4) is 16.9 Å². The van der Waals surface area contributed by atoms with Gasteiger partial charge in [0.25, 0.3) is 5.91 Å². The Kier molecular flexibility index (Phi) is 5.50. The van der Waals surface area contributed by atoms with E-state index in [0.717, 1.165) is 22.5 Å². The summed E-state index contributed by atoms with van der Waals surface area (Å²) in [5.74, 6) is 0.355. The largest absolute Gasteiger partial charge is 0.463 e. The van der Waals surface area contributed by atoms with Gasteiger partial charge in [-0.15, -0.1) is 5.10 Å². The minimum atomic E-state index is -0.228. The van der Waals surface area contributed by atoms with E-state index in [1.54, 1.807) is 18.4 Å². The molecule has 32 heavy (non-hydrogen) atoms. The summed E-state index contributed by atoms with van der Waals surface area (Å²) in [6, 6.07) is 23.3. The van der Waals surface area contributed by atoms with E-state index in [4.69, 9.17) is 9.52 Å². The number of carbonyl (C=O) groups is 1. The number of carbonyl (C=O) groups excluding carboxylic acids is 1. The second kappa shape index (κ2) is 8.91. The number of para-hydroxylation sites is 1. The molecule has 2 aromatic carbocycles. The van der Waals surface area contributed by atoms with Gasteiger partial charge in [0.05, 0.1) is 28.8 Å². The van der Waals surface area contributed by atoms with Gasteiger partial charge in [-0.2, -0.15) is 10.2 Å². The predicted molar refractivity (Wildman–Crippen MR) is 126 cm³/mol. The number of hydrogen-bond acceptors (Lipinski definition) is 6. The zero-order chi connectivity index (χ0) is 21.8. The van der Waals surface area contributed by atoms with E-state index in [2.05, 4.69) is 15.5 Å². The van der Waals surface area contributed by atoms with Crippen molar-refractivity contribution in [1.82, 2.24) is 15.1 Å². The smallest absolute Gasteiger partial charge is 0.264 e. The van der Waals surface area contributed by atoms with Crippen molar-refractivity contribution in [1.29, 1.82) is 0 Å². The summed E-state index contributed by atoms with van der Waals surface area (Å²) in [5, 5.41) is 16.0. The van der Waals surface area contributed by atoms with Gasteiger partial charge in [-0.3, -0.25) is 10.1 Å². The molecule has 3 heterocycles. The maximum atomic E-state index is 12.5. The van der Waals surface area contributed by atoms with E-state index in [0.29, 0.717) is 15.8 Å². The monoisotopic (exact) mass is 439 g/mol. The highest BCUT2D eigenvalue weighted by Gasteiger charge is 2.25. The van der Waals surface area contributed by atoms with Crippen LogP contribution in [0.3, 0.4) is 0 Å². The first kappa shape index (κ1) is 19.8. The molecular formula is C24H17N5O2S. The summed E-state index contributed by atoms with van der Waals surface area (Å²) in [5.41, 5.74) is 3.52. The van der Waals surface area contributed by atoms with Crippen LogP contribution < -0.4 is 5.32 Å². The first-order valence-electron chi connectivity index (χ1n) is 9.82. The molecule has 0 saturated carbocycles. The lowest BCUT2D eigenvalue weighted by molar-refractivity contribution is -0.115. The Morgan fingerprint density at radius 2 is 1.78 bits per heavy atom. The minimum Gasteiger partial charge on any atom is -0.463 e. The highest BCUT2D eigenvalue weighted by Crippen LogP contribution is 2.30. The molecule has 1 saturated heterocycles. The first-order valence-corrected chi connectivity index (χ1v) is 10.6. The van der Waals surface area contributed by atoms with Crippen molar-refractivity contribution in [2.24, 2.45) is 10.2 Å². The van der Waals surface area contributed by atoms with Crippen LogP contribution in [0.1, 0.15) is 11.3 Å². The van der Waals surface area contributed by atoms with E-state index in [9.17, 15) is 4.79 Å². The second-order valence-corrected chi connectivity index (χ2v) is 7.84. The van der Waals surface area contributed by atoms with Crippen LogP contribution in [0, 0.1) is 0 Å². The third-order valence-electron chi connectivity index (χ3n) is 4.62. The Morgan fingerprint density at radius 3 is 2.53 bits per heavy atom. The molecule has 1 N–H and O–H groups in total. The van der Waals surface area contributed by atoms with E-state index < -0.39 is 0 Å². The Morgan fingerprint density at radius 1 is 1.00 bits per heavy atom. The standard InChI is InChI=1S/C24H17N5O2S/c30-23-21(32-24(26-23)27-25-15-20-12-7-13-31-20)14-18-16-29(19-10-5-2-6-11-19)28-22(18)17-8-3-1-4-9-17/h1-16H,(H,26,27,30). The van der Waals surface area contributed by atoms with Crippen molar-refractivity contribution in [3.05, 3.63) is 101 Å². The third-order valence-corrected chi connectivity index (χ3v) is 5.52. The van der Waals surface area contributed by atoms with Crippen LogP contribution >= 0.6 is 11.8 Å². The number of nitrogens with one attached hydrogen (secondary N) is 1. The van der Waals surface area contributed by atoms with Crippen LogP contribution in [0.4, 0.5) is 0 Å². The van der Waals surface area contributed by atoms with Gasteiger partial charge in [-0.05, 0) is 42.1 Å². The molecule has 0 radical (unpaired) electrons. The summed E-state index contributed by atoms with van der Waals surface area (Å²) >= 11 is 1.23. The van der Waals surface area contributed by atoms with E-state index >= 15 is 0 Å². The zero-order valence-corrected chi connectivity index (χ0v) is 17.6. The number of nitrogens with zero attached hydrogens (tertiary/aromatic N) is 4. The predicted octanol–water partition coefficient (Wildman–Crippen LogP) is 4.73. The Bertz CT molecular complexity index is 1320. The fourth-order valence-electron chi connectivity index (χ4n) is 3.15. The number of benzene rings is 2. The molecule has 0 aliphatic carbocycles. The van der Waals surface area contributed by atoms with Gasteiger partial charge < -0.3 is 4.42 Å². The third kappa shape index (κ3) is 4.30. The van der Waals surface area contributed by atoms with Crippen molar-refractivity contribution < 1.29 is 9.21 Å². The molecule has 1 amide bonds. The van der Waals surface area contributed by atoms with Crippen molar-refractivity contribution in [3.63, 3.8) is 0 Å². The molecule has 1 aliphatic rings. The number of amidine groups is 1. The van der Waals surface area contributed by atoms with Gasteiger partial charge in [-0.1, -0.05) is 48.5 Å². The lowest BCUT2D eigenvalue weighted by Crippen LogP contribution is -2.19. The van der Waals surface area contributed by atoms with Gasteiger partial charge in [0.1, 0.15) is 5.76 Å². The summed E-state index contributed by atoms with van der Waals surface area (Å²) in [4.78, 5) is 13.0. The van der Waals surface area contributed by atoms with E-state index in [1.165, 1.54) is 18.0 Å². The molecule has 0 bridgehead atoms. The topological polar surface area (TPSA) is 84.8 Å². The highest BCUT2D eigenvalue weighted by atomic mass is 32.2. The van der Waals surface area contributed by atoms with Crippen LogP contribution in [0.2, 0.25) is 0 Å².